The summed E-state index contributed by atoms with van der Waals surface area (Å²) in [6.07, 6.45) is -1.90. The summed E-state index contributed by atoms with van der Waals surface area (Å²) in [5, 5.41) is 0. The van der Waals surface area contributed by atoms with E-state index in [9.17, 15) is 13.2 Å². The van der Waals surface area contributed by atoms with Crippen molar-refractivity contribution in [1.29, 1.82) is 0 Å². The van der Waals surface area contributed by atoms with Gasteiger partial charge in [-0.2, -0.15) is 13.2 Å². The molecule has 0 aliphatic rings. The standard InChI is InChI=1S/C9H8F3N3/c1-2-5-6(9(10,11)12)3-13-8-7(5)14-4-15-8/h3-4H,2H2,1H3,(H,13,14,15). The molecule has 0 saturated heterocycles. The van der Waals surface area contributed by atoms with E-state index >= 15 is 0 Å². The summed E-state index contributed by atoms with van der Waals surface area (Å²) in [7, 11) is 0. The van der Waals surface area contributed by atoms with Gasteiger partial charge >= 0.3 is 6.18 Å². The summed E-state index contributed by atoms with van der Waals surface area (Å²) in [5.74, 6) is 0. The Hall–Kier alpha value is -1.59. The molecule has 2 aromatic heterocycles. The van der Waals surface area contributed by atoms with E-state index in [4.69, 9.17) is 0 Å². The SMILES string of the molecule is CCc1c(C(F)(F)F)cnc2[nH]cnc12. The van der Waals surface area contributed by atoms with Crippen molar-refractivity contribution in [2.45, 2.75) is 19.5 Å². The van der Waals surface area contributed by atoms with Gasteiger partial charge in [0.1, 0.15) is 5.52 Å². The average molecular weight is 215 g/mol. The van der Waals surface area contributed by atoms with Gasteiger partial charge in [-0.05, 0) is 12.0 Å². The number of rotatable bonds is 1. The highest BCUT2D eigenvalue weighted by molar-refractivity contribution is 5.75. The van der Waals surface area contributed by atoms with Crippen molar-refractivity contribution < 1.29 is 13.2 Å². The maximum Gasteiger partial charge on any atom is 0.418 e. The Labute approximate surface area is 83.4 Å². The fraction of sp³-hybridized carbons (Fsp3) is 0.333. The van der Waals surface area contributed by atoms with Crippen molar-refractivity contribution >= 4 is 11.2 Å². The molecule has 0 spiro atoms. The van der Waals surface area contributed by atoms with Crippen LogP contribution in [-0.4, -0.2) is 15.0 Å². The van der Waals surface area contributed by atoms with Crippen LogP contribution >= 0.6 is 0 Å². The van der Waals surface area contributed by atoms with Crippen molar-refractivity contribution in [3.63, 3.8) is 0 Å². The summed E-state index contributed by atoms with van der Waals surface area (Å²) in [6.45, 7) is 1.67. The molecule has 0 aliphatic heterocycles. The maximum absolute atomic E-state index is 12.6. The number of nitrogens with one attached hydrogen (secondary N) is 1. The van der Waals surface area contributed by atoms with Gasteiger partial charge in [0.15, 0.2) is 5.65 Å². The first-order valence-electron chi connectivity index (χ1n) is 4.42. The lowest BCUT2D eigenvalue weighted by Crippen LogP contribution is -2.10. The van der Waals surface area contributed by atoms with E-state index in [1.54, 1.807) is 6.92 Å². The van der Waals surface area contributed by atoms with E-state index in [0.29, 0.717) is 11.2 Å². The molecule has 0 fully saturated rings. The predicted octanol–water partition coefficient (Wildman–Crippen LogP) is 2.54. The van der Waals surface area contributed by atoms with Gasteiger partial charge in [0.2, 0.25) is 0 Å². The third kappa shape index (κ3) is 1.55. The normalized spacial score (nSPS) is 12.3. The lowest BCUT2D eigenvalue weighted by molar-refractivity contribution is -0.138. The number of fused-ring (bicyclic) bond motifs is 1. The van der Waals surface area contributed by atoms with E-state index in [2.05, 4.69) is 15.0 Å². The van der Waals surface area contributed by atoms with Gasteiger partial charge in [0.05, 0.1) is 11.9 Å². The quantitative estimate of drug-likeness (QED) is 0.794. The van der Waals surface area contributed by atoms with Crippen LogP contribution < -0.4 is 0 Å². The zero-order chi connectivity index (χ0) is 11.1. The van der Waals surface area contributed by atoms with Crippen molar-refractivity contribution in [2.75, 3.05) is 0 Å². The molecule has 2 rings (SSSR count). The number of nitrogens with zero attached hydrogens (tertiary/aromatic N) is 2. The lowest BCUT2D eigenvalue weighted by Gasteiger charge is -2.10. The molecule has 0 bridgehead atoms. The lowest BCUT2D eigenvalue weighted by atomic mass is 10.1. The van der Waals surface area contributed by atoms with Crippen LogP contribution in [0.1, 0.15) is 18.1 Å². The van der Waals surface area contributed by atoms with Crippen molar-refractivity contribution in [2.24, 2.45) is 0 Å². The largest absolute Gasteiger partial charge is 0.418 e. The number of aryl methyl sites for hydroxylation is 1. The fourth-order valence-electron chi connectivity index (χ4n) is 1.54. The van der Waals surface area contributed by atoms with Crippen molar-refractivity contribution in [3.8, 4) is 0 Å². The molecule has 15 heavy (non-hydrogen) atoms. The average Bonchev–Trinajstić information content (AvgIpc) is 2.61. The molecular weight excluding hydrogens is 207 g/mol. The molecule has 0 saturated carbocycles. The molecule has 2 heterocycles. The van der Waals surface area contributed by atoms with Crippen LogP contribution in [0.25, 0.3) is 11.2 Å². The van der Waals surface area contributed by atoms with Crippen LogP contribution in [0, 0.1) is 0 Å². The van der Waals surface area contributed by atoms with E-state index in [1.807, 2.05) is 0 Å². The Balaban J connectivity index is 2.75. The summed E-state index contributed by atoms with van der Waals surface area (Å²) < 4.78 is 37.8. The smallest absolute Gasteiger partial charge is 0.329 e. The van der Waals surface area contributed by atoms with Gasteiger partial charge in [0.25, 0.3) is 0 Å². The van der Waals surface area contributed by atoms with Crippen LogP contribution in [0.3, 0.4) is 0 Å². The predicted molar refractivity (Wildman–Crippen MR) is 48.3 cm³/mol. The van der Waals surface area contributed by atoms with E-state index < -0.39 is 11.7 Å². The molecular formula is C9H8F3N3. The minimum Gasteiger partial charge on any atom is -0.329 e. The van der Waals surface area contributed by atoms with Crippen LogP contribution in [-0.2, 0) is 12.6 Å². The molecule has 80 valence electrons. The second-order valence-electron chi connectivity index (χ2n) is 3.10. The third-order valence-corrected chi connectivity index (χ3v) is 2.21. The van der Waals surface area contributed by atoms with Gasteiger partial charge in [-0.1, -0.05) is 6.92 Å². The Kier molecular flexibility index (Phi) is 2.13. The molecule has 0 aromatic carbocycles. The van der Waals surface area contributed by atoms with E-state index in [-0.39, 0.29) is 12.0 Å². The summed E-state index contributed by atoms with van der Waals surface area (Å²) in [6, 6.07) is 0. The molecule has 6 heteroatoms. The number of halogens is 3. The van der Waals surface area contributed by atoms with Crippen LogP contribution in [0.2, 0.25) is 0 Å². The van der Waals surface area contributed by atoms with Gasteiger partial charge in [-0.3, -0.25) is 0 Å². The number of aromatic nitrogens is 3. The van der Waals surface area contributed by atoms with Crippen LogP contribution in [0.15, 0.2) is 12.5 Å². The molecule has 0 unspecified atom stereocenters. The number of hydrogen-bond acceptors (Lipinski definition) is 2. The number of pyridine rings is 1. The number of hydrogen-bond donors (Lipinski definition) is 1. The highest BCUT2D eigenvalue weighted by atomic mass is 19.4. The molecule has 0 amide bonds. The van der Waals surface area contributed by atoms with Gasteiger partial charge in [-0.25, -0.2) is 9.97 Å². The first-order chi connectivity index (χ1) is 7.04. The zero-order valence-electron chi connectivity index (χ0n) is 7.89. The maximum atomic E-state index is 12.6. The van der Waals surface area contributed by atoms with Gasteiger partial charge in [-0.15, -0.1) is 0 Å². The van der Waals surface area contributed by atoms with E-state index in [0.717, 1.165) is 6.20 Å². The molecule has 0 radical (unpaired) electrons. The molecule has 2 aromatic rings. The summed E-state index contributed by atoms with van der Waals surface area (Å²) in [4.78, 5) is 10.2. The number of imidazole rings is 1. The van der Waals surface area contributed by atoms with Crippen LogP contribution in [0.4, 0.5) is 13.2 Å². The van der Waals surface area contributed by atoms with Gasteiger partial charge < -0.3 is 4.98 Å². The van der Waals surface area contributed by atoms with Crippen molar-refractivity contribution in [3.05, 3.63) is 23.7 Å². The Morgan fingerprint density at radius 3 is 2.67 bits per heavy atom. The first kappa shape index (κ1) is 9.95. The third-order valence-electron chi connectivity index (χ3n) is 2.21. The Bertz CT molecular complexity index is 487. The molecule has 3 nitrogen and oxygen atoms in total. The number of aromatic amines is 1. The Morgan fingerprint density at radius 2 is 2.07 bits per heavy atom. The monoisotopic (exact) mass is 215 g/mol. The highest BCUT2D eigenvalue weighted by Gasteiger charge is 2.34. The highest BCUT2D eigenvalue weighted by Crippen LogP contribution is 2.33. The summed E-state index contributed by atoms with van der Waals surface area (Å²) in [5.41, 5.74) is 0.172. The number of alkyl halides is 3. The first-order valence-corrected chi connectivity index (χ1v) is 4.42. The second kappa shape index (κ2) is 3.22. The fourth-order valence-corrected chi connectivity index (χ4v) is 1.54. The minimum absolute atomic E-state index is 0.189. The van der Waals surface area contributed by atoms with E-state index in [1.165, 1.54) is 6.33 Å². The van der Waals surface area contributed by atoms with Crippen LogP contribution in [0.5, 0.6) is 0 Å². The van der Waals surface area contributed by atoms with Crippen molar-refractivity contribution in [1.82, 2.24) is 15.0 Å². The topological polar surface area (TPSA) is 41.6 Å². The second-order valence-corrected chi connectivity index (χ2v) is 3.10. The molecule has 1 N–H and O–H groups in total. The molecule has 0 atom stereocenters. The number of H-pyrrole nitrogens is 1. The summed E-state index contributed by atoms with van der Waals surface area (Å²) >= 11 is 0. The zero-order valence-corrected chi connectivity index (χ0v) is 7.89. The van der Waals surface area contributed by atoms with Gasteiger partial charge in [0, 0.05) is 6.20 Å². The molecule has 0 aliphatic carbocycles. The Morgan fingerprint density at radius 1 is 1.33 bits per heavy atom. The minimum atomic E-state index is -4.37.